The van der Waals surface area contributed by atoms with Gasteiger partial charge in [0.25, 0.3) is 0 Å². The molecule has 0 aromatic rings. The van der Waals surface area contributed by atoms with E-state index in [4.69, 9.17) is 23.2 Å². The first kappa shape index (κ1) is 10.5. The summed E-state index contributed by atoms with van der Waals surface area (Å²) in [6.45, 7) is 4.67. The molecule has 0 spiro atoms. The number of hydrazine groups is 1. The Kier molecular flexibility index (Phi) is 7.99. The molecule has 0 saturated carbocycles. The van der Waals surface area contributed by atoms with Crippen LogP contribution in [0, 0.1) is 0 Å². The van der Waals surface area contributed by atoms with Crippen molar-refractivity contribution >= 4 is 23.2 Å². The van der Waals surface area contributed by atoms with Crippen LogP contribution in [0.1, 0.15) is 6.92 Å². The molecule has 62 valence electrons. The fourth-order valence-electron chi connectivity index (χ4n) is 0.698. The quantitative estimate of drug-likeness (QED) is 0.495. The summed E-state index contributed by atoms with van der Waals surface area (Å²) in [5, 5.41) is 2.03. The number of rotatable bonds is 6. The standard InChI is InChI=1S/C6H14Cl2N2/c1-2-9-10(5-3-7)6-4-8/h9H,2-6H2,1H3. The van der Waals surface area contributed by atoms with E-state index in [0.717, 1.165) is 19.6 Å². The Morgan fingerprint density at radius 1 is 1.20 bits per heavy atom. The van der Waals surface area contributed by atoms with Crippen molar-refractivity contribution in [2.24, 2.45) is 0 Å². The summed E-state index contributed by atoms with van der Waals surface area (Å²) in [6.07, 6.45) is 0. The fraction of sp³-hybridized carbons (Fsp3) is 1.00. The van der Waals surface area contributed by atoms with Crippen molar-refractivity contribution in [2.45, 2.75) is 6.92 Å². The molecule has 0 heterocycles. The summed E-state index contributed by atoms with van der Waals surface area (Å²) in [6, 6.07) is 0. The van der Waals surface area contributed by atoms with E-state index in [0.29, 0.717) is 11.8 Å². The molecule has 2 nitrogen and oxygen atoms in total. The van der Waals surface area contributed by atoms with E-state index in [9.17, 15) is 0 Å². The van der Waals surface area contributed by atoms with Gasteiger partial charge in [0.1, 0.15) is 0 Å². The smallest absolute Gasteiger partial charge is 0.0365 e. The highest BCUT2D eigenvalue weighted by Crippen LogP contribution is 1.86. The number of hydrogen-bond donors (Lipinski definition) is 1. The minimum Gasteiger partial charge on any atom is -0.255 e. The Labute approximate surface area is 72.5 Å². The first-order valence-corrected chi connectivity index (χ1v) is 4.52. The molecule has 0 fully saturated rings. The lowest BCUT2D eigenvalue weighted by molar-refractivity contribution is 0.218. The molecule has 0 aliphatic rings. The maximum atomic E-state index is 5.54. The van der Waals surface area contributed by atoms with E-state index in [1.54, 1.807) is 0 Å². The van der Waals surface area contributed by atoms with Crippen LogP contribution in [0.5, 0.6) is 0 Å². The largest absolute Gasteiger partial charge is 0.255 e. The van der Waals surface area contributed by atoms with Gasteiger partial charge in [-0.1, -0.05) is 6.92 Å². The Morgan fingerprint density at radius 2 is 1.70 bits per heavy atom. The van der Waals surface area contributed by atoms with Crippen molar-refractivity contribution in [3.8, 4) is 0 Å². The molecule has 0 rings (SSSR count). The Balaban J connectivity index is 3.30. The molecule has 10 heavy (non-hydrogen) atoms. The minimum absolute atomic E-state index is 0.643. The molecule has 0 aromatic heterocycles. The van der Waals surface area contributed by atoms with Crippen molar-refractivity contribution < 1.29 is 0 Å². The van der Waals surface area contributed by atoms with Crippen molar-refractivity contribution in [1.29, 1.82) is 0 Å². The molecule has 0 aliphatic heterocycles. The van der Waals surface area contributed by atoms with Gasteiger partial charge in [-0.05, 0) is 0 Å². The van der Waals surface area contributed by atoms with Gasteiger partial charge in [-0.25, -0.2) is 5.01 Å². The summed E-state index contributed by atoms with van der Waals surface area (Å²) in [4.78, 5) is 0. The summed E-state index contributed by atoms with van der Waals surface area (Å²) >= 11 is 11.1. The van der Waals surface area contributed by atoms with Crippen LogP contribution in [-0.4, -0.2) is 36.4 Å². The van der Waals surface area contributed by atoms with Crippen molar-refractivity contribution in [3.63, 3.8) is 0 Å². The zero-order chi connectivity index (χ0) is 7.82. The van der Waals surface area contributed by atoms with Gasteiger partial charge < -0.3 is 0 Å². The average molecular weight is 185 g/mol. The van der Waals surface area contributed by atoms with Gasteiger partial charge in [0.15, 0.2) is 0 Å². The Bertz CT molecular complexity index is 56.5. The lowest BCUT2D eigenvalue weighted by Gasteiger charge is -2.19. The number of alkyl halides is 2. The normalized spacial score (nSPS) is 10.8. The van der Waals surface area contributed by atoms with Crippen LogP contribution < -0.4 is 5.43 Å². The highest BCUT2D eigenvalue weighted by Gasteiger charge is 1.98. The van der Waals surface area contributed by atoms with Crippen molar-refractivity contribution in [1.82, 2.24) is 10.4 Å². The van der Waals surface area contributed by atoms with Gasteiger partial charge in [-0.15, -0.1) is 23.2 Å². The first-order chi connectivity index (χ1) is 4.85. The molecule has 0 bridgehead atoms. The van der Waals surface area contributed by atoms with E-state index in [2.05, 4.69) is 12.3 Å². The molecule has 0 saturated heterocycles. The zero-order valence-electron chi connectivity index (χ0n) is 6.24. The number of nitrogens with zero attached hydrogens (tertiary/aromatic N) is 1. The third-order valence-corrected chi connectivity index (χ3v) is 1.43. The molecular formula is C6H14Cl2N2. The van der Waals surface area contributed by atoms with E-state index < -0.39 is 0 Å². The third-order valence-electron chi connectivity index (χ3n) is 1.09. The second-order valence-electron chi connectivity index (χ2n) is 1.88. The van der Waals surface area contributed by atoms with Crippen molar-refractivity contribution in [3.05, 3.63) is 0 Å². The number of hydrogen-bond acceptors (Lipinski definition) is 2. The van der Waals surface area contributed by atoms with E-state index in [1.165, 1.54) is 0 Å². The second-order valence-corrected chi connectivity index (χ2v) is 2.63. The Morgan fingerprint density at radius 3 is 2.00 bits per heavy atom. The first-order valence-electron chi connectivity index (χ1n) is 3.45. The highest BCUT2D eigenvalue weighted by molar-refractivity contribution is 6.18. The lowest BCUT2D eigenvalue weighted by Crippen LogP contribution is -2.40. The molecule has 0 aromatic carbocycles. The zero-order valence-corrected chi connectivity index (χ0v) is 7.75. The predicted molar refractivity (Wildman–Crippen MR) is 46.7 cm³/mol. The molecule has 0 atom stereocenters. The molecule has 0 radical (unpaired) electrons. The average Bonchev–Trinajstić information content (AvgIpc) is 1.90. The van der Waals surface area contributed by atoms with Crippen LogP contribution in [0.2, 0.25) is 0 Å². The topological polar surface area (TPSA) is 15.3 Å². The molecular weight excluding hydrogens is 171 g/mol. The van der Waals surface area contributed by atoms with E-state index in [1.807, 2.05) is 5.01 Å². The van der Waals surface area contributed by atoms with Crippen molar-refractivity contribution in [2.75, 3.05) is 31.4 Å². The fourth-order valence-corrected chi connectivity index (χ4v) is 1.11. The maximum absolute atomic E-state index is 5.54. The number of nitrogens with one attached hydrogen (secondary N) is 1. The monoisotopic (exact) mass is 184 g/mol. The third kappa shape index (κ3) is 5.30. The highest BCUT2D eigenvalue weighted by atomic mass is 35.5. The lowest BCUT2D eigenvalue weighted by atomic mass is 10.6. The van der Waals surface area contributed by atoms with Gasteiger partial charge in [0, 0.05) is 31.4 Å². The summed E-state index contributed by atoms with van der Waals surface area (Å²) in [7, 11) is 0. The van der Waals surface area contributed by atoms with Gasteiger partial charge in [-0.2, -0.15) is 0 Å². The molecule has 1 N–H and O–H groups in total. The van der Waals surface area contributed by atoms with E-state index >= 15 is 0 Å². The van der Waals surface area contributed by atoms with Crippen LogP contribution >= 0.6 is 23.2 Å². The Hall–Kier alpha value is 0.500. The van der Waals surface area contributed by atoms with Gasteiger partial charge >= 0.3 is 0 Å². The van der Waals surface area contributed by atoms with Crippen LogP contribution in [0.15, 0.2) is 0 Å². The van der Waals surface area contributed by atoms with Crippen LogP contribution in [0.3, 0.4) is 0 Å². The summed E-state index contributed by atoms with van der Waals surface area (Å²) in [5.74, 6) is 1.29. The summed E-state index contributed by atoms with van der Waals surface area (Å²) < 4.78 is 0. The van der Waals surface area contributed by atoms with E-state index in [-0.39, 0.29) is 0 Å². The molecule has 0 amide bonds. The van der Waals surface area contributed by atoms with Crippen LogP contribution in [-0.2, 0) is 0 Å². The molecule has 0 unspecified atom stereocenters. The van der Waals surface area contributed by atoms with Gasteiger partial charge in [-0.3, -0.25) is 5.43 Å². The minimum atomic E-state index is 0.643. The molecule has 4 heteroatoms. The van der Waals surface area contributed by atoms with Gasteiger partial charge in [0.05, 0.1) is 0 Å². The predicted octanol–water partition coefficient (Wildman–Crippen LogP) is 1.29. The van der Waals surface area contributed by atoms with Crippen LogP contribution in [0.4, 0.5) is 0 Å². The number of halogens is 2. The second kappa shape index (κ2) is 7.61. The SMILES string of the molecule is CCNN(CCCl)CCCl. The van der Waals surface area contributed by atoms with Gasteiger partial charge in [0.2, 0.25) is 0 Å². The molecule has 0 aliphatic carbocycles. The maximum Gasteiger partial charge on any atom is 0.0365 e. The van der Waals surface area contributed by atoms with Crippen LogP contribution in [0.25, 0.3) is 0 Å². The summed E-state index contributed by atoms with van der Waals surface area (Å²) in [5.41, 5.74) is 3.15.